The van der Waals surface area contributed by atoms with Gasteiger partial charge in [-0.05, 0) is 54.6 Å². The van der Waals surface area contributed by atoms with Gasteiger partial charge < -0.3 is 19.5 Å². The number of rotatable bonds is 9. The average Bonchev–Trinajstić information content (AvgIpc) is 3.03. The number of hydrogen-bond acceptors (Lipinski definition) is 7. The van der Waals surface area contributed by atoms with Gasteiger partial charge in [0.15, 0.2) is 11.5 Å². The van der Waals surface area contributed by atoms with Gasteiger partial charge in [-0.2, -0.15) is 8.78 Å². The molecule has 2 aromatic rings. The lowest BCUT2D eigenvalue weighted by Gasteiger charge is -2.14. The van der Waals surface area contributed by atoms with Crippen molar-refractivity contribution in [3.8, 4) is 17.2 Å². The van der Waals surface area contributed by atoms with Crippen molar-refractivity contribution in [1.29, 1.82) is 0 Å². The van der Waals surface area contributed by atoms with E-state index >= 15 is 0 Å². The van der Waals surface area contributed by atoms with Gasteiger partial charge in [0, 0.05) is 0 Å². The van der Waals surface area contributed by atoms with Crippen LogP contribution in [0.1, 0.15) is 12.5 Å². The molecule has 8 nitrogen and oxygen atoms in total. The van der Waals surface area contributed by atoms with Crippen LogP contribution < -0.4 is 19.5 Å². The smallest absolute Gasteiger partial charge is 0.387 e. The summed E-state index contributed by atoms with van der Waals surface area (Å²) in [4.78, 5) is 38.3. The molecule has 1 aliphatic rings. The first kappa shape index (κ1) is 24.1. The molecule has 0 aromatic heterocycles. The van der Waals surface area contributed by atoms with Crippen molar-refractivity contribution in [3.05, 3.63) is 52.9 Å². The minimum atomic E-state index is -3.02. The summed E-state index contributed by atoms with van der Waals surface area (Å²) in [5.74, 6) is -0.863. The van der Waals surface area contributed by atoms with E-state index in [-0.39, 0.29) is 23.0 Å². The van der Waals surface area contributed by atoms with E-state index in [1.165, 1.54) is 31.4 Å². The Bertz CT molecular complexity index is 1090. The van der Waals surface area contributed by atoms with Crippen LogP contribution in [0, 0.1) is 0 Å². The number of carbonyl (C=O) groups excluding carboxylic acids is 3. The summed E-state index contributed by atoms with van der Waals surface area (Å²) < 4.78 is 40.0. The molecule has 0 bridgehead atoms. The number of methoxy groups -OCH3 is 1. The van der Waals surface area contributed by atoms with Gasteiger partial charge in [0.05, 0.1) is 24.3 Å². The minimum absolute atomic E-state index is 0.0713. The summed E-state index contributed by atoms with van der Waals surface area (Å²) in [5.41, 5.74) is 0.839. The SMILES string of the molecule is CCOc1cc(/C=C2\SC(=O)N(CC(=O)Nc3ccccc3OC)C2=O)ccc1OC(F)F. The van der Waals surface area contributed by atoms with E-state index in [0.717, 1.165) is 4.90 Å². The topological polar surface area (TPSA) is 94.2 Å². The summed E-state index contributed by atoms with van der Waals surface area (Å²) in [6.45, 7) is -1.61. The van der Waals surface area contributed by atoms with E-state index in [9.17, 15) is 23.2 Å². The number of nitrogens with one attached hydrogen (secondary N) is 1. The summed E-state index contributed by atoms with van der Waals surface area (Å²) in [5, 5.41) is 2.00. The highest BCUT2D eigenvalue weighted by Crippen LogP contribution is 2.35. The van der Waals surface area contributed by atoms with Gasteiger partial charge >= 0.3 is 6.61 Å². The lowest BCUT2D eigenvalue weighted by Crippen LogP contribution is -2.36. The molecule has 3 rings (SSSR count). The molecule has 0 aliphatic carbocycles. The van der Waals surface area contributed by atoms with Crippen LogP contribution in [0.25, 0.3) is 6.08 Å². The second-order valence-electron chi connectivity index (χ2n) is 6.53. The van der Waals surface area contributed by atoms with Crippen molar-refractivity contribution in [3.63, 3.8) is 0 Å². The zero-order chi connectivity index (χ0) is 24.0. The number of carbonyl (C=O) groups is 3. The molecule has 0 spiro atoms. The fourth-order valence-corrected chi connectivity index (χ4v) is 3.78. The zero-order valence-corrected chi connectivity index (χ0v) is 18.5. The maximum Gasteiger partial charge on any atom is 0.387 e. The highest BCUT2D eigenvalue weighted by molar-refractivity contribution is 8.18. The molecule has 11 heteroatoms. The third-order valence-corrected chi connectivity index (χ3v) is 5.25. The predicted octanol–water partition coefficient (Wildman–Crippen LogP) is 4.37. The predicted molar refractivity (Wildman–Crippen MR) is 119 cm³/mol. The molecule has 0 radical (unpaired) electrons. The number of thioether (sulfide) groups is 1. The van der Waals surface area contributed by atoms with Gasteiger partial charge in [-0.3, -0.25) is 19.3 Å². The standard InChI is InChI=1S/C22H20F2N2O6S/c1-3-31-17-10-13(8-9-16(17)32-21(23)24)11-18-20(28)26(22(29)33-18)12-19(27)25-14-6-4-5-7-15(14)30-2/h4-11,21H,3,12H2,1-2H3,(H,25,27)/b18-11-. The maximum absolute atomic E-state index is 12.7. The Morgan fingerprint density at radius 1 is 1.15 bits per heavy atom. The molecule has 33 heavy (non-hydrogen) atoms. The van der Waals surface area contributed by atoms with Crippen molar-refractivity contribution in [2.24, 2.45) is 0 Å². The van der Waals surface area contributed by atoms with Gasteiger partial charge in [0.25, 0.3) is 11.1 Å². The van der Waals surface area contributed by atoms with E-state index in [1.807, 2.05) is 0 Å². The quantitative estimate of drug-likeness (QED) is 0.535. The van der Waals surface area contributed by atoms with E-state index in [2.05, 4.69) is 10.1 Å². The highest BCUT2D eigenvalue weighted by Gasteiger charge is 2.36. The lowest BCUT2D eigenvalue weighted by atomic mass is 10.2. The molecule has 0 saturated carbocycles. The van der Waals surface area contributed by atoms with E-state index in [0.29, 0.717) is 28.8 Å². The zero-order valence-electron chi connectivity index (χ0n) is 17.7. The number of amides is 3. The molecule has 1 fully saturated rings. The van der Waals surface area contributed by atoms with E-state index in [4.69, 9.17) is 9.47 Å². The molecular weight excluding hydrogens is 458 g/mol. The number of alkyl halides is 2. The first-order valence-corrected chi connectivity index (χ1v) is 10.5. The molecule has 3 amide bonds. The molecule has 0 atom stereocenters. The van der Waals surface area contributed by atoms with Crippen LogP contribution in [-0.2, 0) is 9.59 Å². The maximum atomic E-state index is 12.7. The van der Waals surface area contributed by atoms with Gasteiger partial charge in [0.1, 0.15) is 12.3 Å². The number of hydrogen-bond donors (Lipinski definition) is 1. The van der Waals surface area contributed by atoms with Crippen LogP contribution in [0.4, 0.5) is 19.3 Å². The first-order valence-electron chi connectivity index (χ1n) is 9.72. The number of imide groups is 1. The number of benzene rings is 2. The Morgan fingerprint density at radius 2 is 1.91 bits per heavy atom. The van der Waals surface area contributed by atoms with Crippen LogP contribution in [0.2, 0.25) is 0 Å². The van der Waals surface area contributed by atoms with Gasteiger partial charge in [0.2, 0.25) is 5.91 Å². The van der Waals surface area contributed by atoms with E-state index in [1.54, 1.807) is 31.2 Å². The Balaban J connectivity index is 1.74. The lowest BCUT2D eigenvalue weighted by molar-refractivity contribution is -0.127. The average molecular weight is 478 g/mol. The second kappa shape index (κ2) is 10.8. The molecule has 174 valence electrons. The number of para-hydroxylation sites is 2. The molecule has 1 aliphatic heterocycles. The summed E-state index contributed by atoms with van der Waals surface area (Å²) >= 11 is 0.668. The summed E-state index contributed by atoms with van der Waals surface area (Å²) in [6.07, 6.45) is 1.41. The third kappa shape index (κ3) is 6.01. The number of ether oxygens (including phenoxy) is 3. The molecule has 1 saturated heterocycles. The second-order valence-corrected chi connectivity index (χ2v) is 7.53. The Morgan fingerprint density at radius 3 is 2.61 bits per heavy atom. The largest absolute Gasteiger partial charge is 0.495 e. The molecular formula is C22H20F2N2O6S. The van der Waals surface area contributed by atoms with Crippen LogP contribution in [0.15, 0.2) is 47.4 Å². The third-order valence-electron chi connectivity index (χ3n) is 4.34. The molecule has 1 N–H and O–H groups in total. The molecule has 0 unspecified atom stereocenters. The molecule has 2 aromatic carbocycles. The Kier molecular flexibility index (Phi) is 7.88. The molecule has 1 heterocycles. The van der Waals surface area contributed by atoms with Crippen LogP contribution in [-0.4, -0.2) is 48.8 Å². The van der Waals surface area contributed by atoms with Crippen molar-refractivity contribution >= 4 is 40.6 Å². The van der Waals surface area contributed by atoms with Gasteiger partial charge in [-0.1, -0.05) is 18.2 Å². The summed E-state index contributed by atoms with van der Waals surface area (Å²) in [6, 6.07) is 10.9. The first-order chi connectivity index (χ1) is 15.8. The number of nitrogens with zero attached hydrogens (tertiary/aromatic N) is 1. The van der Waals surface area contributed by atoms with Crippen molar-refractivity contribution in [1.82, 2.24) is 4.90 Å². The van der Waals surface area contributed by atoms with E-state index < -0.39 is 30.2 Å². The fourth-order valence-electron chi connectivity index (χ4n) is 2.94. The normalized spacial score (nSPS) is 14.7. The number of anilines is 1. The monoisotopic (exact) mass is 478 g/mol. The highest BCUT2D eigenvalue weighted by atomic mass is 32.2. The Hall–Kier alpha value is -3.60. The van der Waals surface area contributed by atoms with Crippen LogP contribution in [0.5, 0.6) is 17.2 Å². The number of halogens is 2. The van der Waals surface area contributed by atoms with Gasteiger partial charge in [-0.15, -0.1) is 0 Å². The van der Waals surface area contributed by atoms with Crippen LogP contribution in [0.3, 0.4) is 0 Å². The van der Waals surface area contributed by atoms with Crippen LogP contribution >= 0.6 is 11.8 Å². The van der Waals surface area contributed by atoms with Crippen molar-refractivity contribution in [2.75, 3.05) is 25.6 Å². The Labute approximate surface area is 192 Å². The van der Waals surface area contributed by atoms with Gasteiger partial charge in [-0.25, -0.2) is 0 Å². The minimum Gasteiger partial charge on any atom is -0.495 e. The summed E-state index contributed by atoms with van der Waals surface area (Å²) in [7, 11) is 1.45. The van der Waals surface area contributed by atoms with Crippen molar-refractivity contribution < 1.29 is 37.4 Å². The van der Waals surface area contributed by atoms with Crippen molar-refractivity contribution in [2.45, 2.75) is 13.5 Å². The fraction of sp³-hybridized carbons (Fsp3) is 0.227.